The SMILES string of the molecule is C=CC/C(=C\CC/C(=C/CC(C)C)CC(C)(C)C)CCC=C(C)C.C=CC/C(=C\CC/C(=C/CC(C)C)CC=C(C)C)CCC=C(C)C.CC(C)=CCC/C(=C/CC/C(=C/CC(C)C)C(C)C)CC(C)C. The summed E-state index contributed by atoms with van der Waals surface area (Å²) in [6.45, 7) is 55.4. The summed E-state index contributed by atoms with van der Waals surface area (Å²) in [4.78, 5) is 0. The minimum Gasteiger partial charge on any atom is -0.103 e. The van der Waals surface area contributed by atoms with Crippen molar-refractivity contribution in [3.05, 3.63) is 142 Å². The Bertz CT molecular complexity index is 1680. The first-order valence-corrected chi connectivity index (χ1v) is 29.0. The standard InChI is InChI=1S/C24H42.C24H40.C23H42/c1-9-12-22(14-10-13-20(2)3)15-11-16-23(18-17-21(4)5)19-24(6,7)8;1-8-11-23(13-9-12-20(2)3)14-10-15-24(18-16-21(4)5)19-17-22(6)7;1-18(2)11-9-12-22(17-20(5)6)13-10-14-23(21(7)8)16-15-19(3)4/h9,13,15,18,21H,1,10-12,14,16-17,19H2,2-8H3;8,12,14,16,19,22H,1,9-11,13,15,17-18H2,2-7H3;11,13,16,19-21H,9-10,12,14-15,17H2,1-8H3/b22-15+,23-18-;23-14+,24-19-;22-13-,23-16-. The van der Waals surface area contributed by atoms with Crippen LogP contribution in [0.1, 0.15) is 274 Å². The lowest BCUT2D eigenvalue weighted by atomic mass is 9.85. The van der Waals surface area contributed by atoms with Gasteiger partial charge in [0.25, 0.3) is 0 Å². The molecule has 0 radical (unpaired) electrons. The molecule has 0 aliphatic rings. The van der Waals surface area contributed by atoms with Gasteiger partial charge in [-0.2, -0.15) is 0 Å². The second-order valence-corrected chi connectivity index (χ2v) is 25.0. The topological polar surface area (TPSA) is 0 Å². The molecule has 0 aromatic carbocycles. The zero-order chi connectivity index (χ0) is 54.8. The first-order valence-electron chi connectivity index (χ1n) is 29.0. The van der Waals surface area contributed by atoms with Gasteiger partial charge in [-0.3, -0.25) is 0 Å². The van der Waals surface area contributed by atoms with E-state index >= 15 is 0 Å². The fraction of sp³-hybridized carbons (Fsp3) is 0.662. The molecule has 0 heteroatoms. The van der Waals surface area contributed by atoms with E-state index in [9.17, 15) is 0 Å². The molecular formula is C71H124. The Hall–Kier alpha value is -3.12. The summed E-state index contributed by atoms with van der Waals surface area (Å²) < 4.78 is 0. The fourth-order valence-electron chi connectivity index (χ4n) is 8.15. The minimum absolute atomic E-state index is 0.375. The highest BCUT2D eigenvalue weighted by Gasteiger charge is 2.13. The second kappa shape index (κ2) is 45.5. The largest absolute Gasteiger partial charge is 0.103 e. The van der Waals surface area contributed by atoms with Crippen LogP contribution < -0.4 is 0 Å². The summed E-state index contributed by atoms with van der Waals surface area (Å²) in [5.41, 5.74) is 15.6. The van der Waals surface area contributed by atoms with Crippen LogP contribution in [-0.2, 0) is 0 Å². The zero-order valence-electron chi connectivity index (χ0n) is 51.9. The zero-order valence-corrected chi connectivity index (χ0v) is 51.9. The lowest BCUT2D eigenvalue weighted by Crippen LogP contribution is -2.06. The number of rotatable bonds is 34. The van der Waals surface area contributed by atoms with Crippen LogP contribution in [0.5, 0.6) is 0 Å². The van der Waals surface area contributed by atoms with Crippen LogP contribution in [0.3, 0.4) is 0 Å². The van der Waals surface area contributed by atoms with Crippen LogP contribution in [0.25, 0.3) is 0 Å². The molecule has 0 aromatic heterocycles. The molecule has 0 nitrogen and oxygen atoms in total. The Morgan fingerprint density at radius 1 is 0.352 bits per heavy atom. The Labute approximate surface area is 448 Å². The Morgan fingerprint density at radius 3 is 1.03 bits per heavy atom. The number of hydrogen-bond donors (Lipinski definition) is 0. The highest BCUT2D eigenvalue weighted by molar-refractivity contribution is 5.15. The molecule has 0 fully saturated rings. The summed E-state index contributed by atoms with van der Waals surface area (Å²) in [5.74, 6) is 3.69. The summed E-state index contributed by atoms with van der Waals surface area (Å²) >= 11 is 0. The quantitative estimate of drug-likeness (QED) is 0.0564. The highest BCUT2D eigenvalue weighted by Crippen LogP contribution is 2.29. The third-order valence-corrected chi connectivity index (χ3v) is 12.1. The maximum Gasteiger partial charge on any atom is -0.0136 e. The van der Waals surface area contributed by atoms with Crippen molar-refractivity contribution in [2.75, 3.05) is 0 Å². The van der Waals surface area contributed by atoms with E-state index in [2.05, 4.69) is 219 Å². The molecule has 0 aromatic rings. The van der Waals surface area contributed by atoms with Gasteiger partial charge in [0, 0.05) is 0 Å². The van der Waals surface area contributed by atoms with E-state index in [0.29, 0.717) is 11.3 Å². The molecule has 0 bridgehead atoms. The van der Waals surface area contributed by atoms with Gasteiger partial charge in [0.1, 0.15) is 0 Å². The second-order valence-electron chi connectivity index (χ2n) is 25.0. The van der Waals surface area contributed by atoms with Gasteiger partial charge in [-0.1, -0.05) is 219 Å². The Morgan fingerprint density at radius 2 is 0.676 bits per heavy atom. The molecule has 0 atom stereocenters. The van der Waals surface area contributed by atoms with Gasteiger partial charge in [-0.05, 0) is 219 Å². The molecule has 0 aliphatic heterocycles. The fourth-order valence-corrected chi connectivity index (χ4v) is 8.15. The lowest BCUT2D eigenvalue weighted by Gasteiger charge is -2.21. The third-order valence-electron chi connectivity index (χ3n) is 12.1. The van der Waals surface area contributed by atoms with Crippen molar-refractivity contribution in [3.8, 4) is 0 Å². The van der Waals surface area contributed by atoms with E-state index in [4.69, 9.17) is 0 Å². The molecule has 0 aliphatic carbocycles. The van der Waals surface area contributed by atoms with Crippen LogP contribution in [0.15, 0.2) is 142 Å². The lowest BCUT2D eigenvalue weighted by molar-refractivity contribution is 0.403. The van der Waals surface area contributed by atoms with Crippen molar-refractivity contribution < 1.29 is 0 Å². The van der Waals surface area contributed by atoms with Crippen molar-refractivity contribution >= 4 is 0 Å². The molecular weight excluding hydrogens is 853 g/mol. The van der Waals surface area contributed by atoms with Crippen LogP contribution in [0.2, 0.25) is 0 Å². The monoisotopic (exact) mass is 977 g/mol. The predicted molar refractivity (Wildman–Crippen MR) is 333 cm³/mol. The van der Waals surface area contributed by atoms with Crippen molar-refractivity contribution in [2.24, 2.45) is 35.0 Å². The molecule has 408 valence electrons. The molecule has 0 rings (SSSR count). The van der Waals surface area contributed by atoms with Gasteiger partial charge in [0.2, 0.25) is 0 Å². The Kier molecular flexibility index (Phi) is 46.2. The first-order chi connectivity index (χ1) is 33.2. The average Bonchev–Trinajstić information content (AvgIpc) is 3.23. The highest BCUT2D eigenvalue weighted by atomic mass is 14.2. The third kappa shape index (κ3) is 54.5. The molecule has 0 heterocycles. The van der Waals surface area contributed by atoms with Crippen molar-refractivity contribution in [1.29, 1.82) is 0 Å². The molecule has 0 saturated carbocycles. The van der Waals surface area contributed by atoms with Gasteiger partial charge in [-0.15, -0.1) is 13.2 Å². The average molecular weight is 978 g/mol. The van der Waals surface area contributed by atoms with Crippen LogP contribution in [-0.4, -0.2) is 0 Å². The summed E-state index contributed by atoms with van der Waals surface area (Å²) in [7, 11) is 0. The van der Waals surface area contributed by atoms with Crippen molar-refractivity contribution in [1.82, 2.24) is 0 Å². The van der Waals surface area contributed by atoms with E-state index in [1.54, 1.807) is 27.9 Å². The molecule has 71 heavy (non-hydrogen) atoms. The van der Waals surface area contributed by atoms with Gasteiger partial charge < -0.3 is 0 Å². The smallest absolute Gasteiger partial charge is 0.0136 e. The number of allylic oxidation sites excluding steroid dienone is 22. The van der Waals surface area contributed by atoms with Crippen molar-refractivity contribution in [2.45, 2.75) is 274 Å². The number of hydrogen-bond acceptors (Lipinski definition) is 0. The summed E-state index contributed by atoms with van der Waals surface area (Å²) in [6, 6.07) is 0. The summed E-state index contributed by atoms with van der Waals surface area (Å²) in [5, 5.41) is 0. The maximum absolute atomic E-state index is 3.92. The Balaban J connectivity index is -0.000000977. The molecule has 0 N–H and O–H groups in total. The molecule has 0 saturated heterocycles. The predicted octanol–water partition coefficient (Wildman–Crippen LogP) is 24.9. The van der Waals surface area contributed by atoms with E-state index in [1.807, 2.05) is 12.2 Å². The van der Waals surface area contributed by atoms with Gasteiger partial charge >= 0.3 is 0 Å². The van der Waals surface area contributed by atoms with E-state index < -0.39 is 0 Å². The maximum atomic E-state index is 3.92. The first kappa shape index (κ1) is 72.1. The summed E-state index contributed by atoms with van der Waals surface area (Å²) in [6.07, 6.45) is 51.8. The molecule has 0 unspecified atom stereocenters. The van der Waals surface area contributed by atoms with Crippen LogP contribution in [0.4, 0.5) is 0 Å². The molecule has 0 spiro atoms. The minimum atomic E-state index is 0.375. The van der Waals surface area contributed by atoms with Crippen molar-refractivity contribution in [3.63, 3.8) is 0 Å². The normalized spacial score (nSPS) is 13.0. The van der Waals surface area contributed by atoms with E-state index in [-0.39, 0.29) is 0 Å². The molecule has 0 amide bonds. The van der Waals surface area contributed by atoms with Crippen LogP contribution in [0, 0.1) is 35.0 Å². The van der Waals surface area contributed by atoms with Crippen LogP contribution >= 0.6 is 0 Å². The van der Waals surface area contributed by atoms with Gasteiger partial charge in [0.05, 0.1) is 0 Å². The van der Waals surface area contributed by atoms with E-state index in [1.165, 1.54) is 105 Å². The van der Waals surface area contributed by atoms with E-state index in [0.717, 1.165) is 75.0 Å². The van der Waals surface area contributed by atoms with Gasteiger partial charge in [-0.25, -0.2) is 0 Å². The van der Waals surface area contributed by atoms with Gasteiger partial charge in [0.15, 0.2) is 0 Å².